The number of carbonyl (C=O) groups is 1. The van der Waals surface area contributed by atoms with E-state index in [1.54, 1.807) is 43.3 Å². The summed E-state index contributed by atoms with van der Waals surface area (Å²) in [6, 6.07) is 16.1. The molecule has 1 atom stereocenters. The van der Waals surface area contributed by atoms with E-state index in [0.29, 0.717) is 17.0 Å². The maximum Gasteiger partial charge on any atom is 0.265 e. The Hall–Kier alpha value is -2.32. The first kappa shape index (κ1) is 15.1. The zero-order chi connectivity index (χ0) is 15.2. The van der Waals surface area contributed by atoms with Gasteiger partial charge in [-0.05, 0) is 43.3 Å². The molecule has 0 aliphatic heterocycles. The third-order valence-electron chi connectivity index (χ3n) is 2.74. The normalized spacial score (nSPS) is 11.3. The van der Waals surface area contributed by atoms with Crippen LogP contribution in [0.5, 0.6) is 5.75 Å². The van der Waals surface area contributed by atoms with Crippen molar-refractivity contribution in [3.8, 4) is 11.8 Å². The number of carbonyl (C=O) groups excluding carboxylic acids is 1. The molecule has 0 radical (unpaired) electrons. The van der Waals surface area contributed by atoms with Gasteiger partial charge in [0.05, 0.1) is 11.6 Å². The standard InChI is InChI=1S/C16H13BrN2O2/c1-11(21-15-7-3-5-13(17)9-15)16(20)19-14-6-2-4-12(8-14)10-18/h2-9,11H,1H3,(H,19,20)/t11-/m0/s1. The van der Waals surface area contributed by atoms with E-state index in [9.17, 15) is 4.79 Å². The van der Waals surface area contributed by atoms with Crippen LogP contribution < -0.4 is 10.1 Å². The summed E-state index contributed by atoms with van der Waals surface area (Å²) in [4.78, 5) is 12.1. The zero-order valence-corrected chi connectivity index (χ0v) is 12.9. The fourth-order valence-corrected chi connectivity index (χ4v) is 2.09. The van der Waals surface area contributed by atoms with Crippen molar-refractivity contribution >= 4 is 27.5 Å². The lowest BCUT2D eigenvalue weighted by Gasteiger charge is -2.15. The highest BCUT2D eigenvalue weighted by Crippen LogP contribution is 2.19. The second kappa shape index (κ2) is 6.91. The SMILES string of the molecule is C[C@H](Oc1cccc(Br)c1)C(=O)Nc1cccc(C#N)c1. The molecule has 2 rings (SSSR count). The quantitative estimate of drug-likeness (QED) is 0.919. The van der Waals surface area contributed by atoms with Crippen molar-refractivity contribution in [1.82, 2.24) is 0 Å². The number of nitrogens with zero attached hydrogens (tertiary/aromatic N) is 1. The molecule has 2 aromatic rings. The van der Waals surface area contributed by atoms with E-state index in [1.807, 2.05) is 18.2 Å². The van der Waals surface area contributed by atoms with Gasteiger partial charge in [0.2, 0.25) is 0 Å². The third-order valence-corrected chi connectivity index (χ3v) is 3.23. The molecule has 0 aromatic heterocycles. The molecular formula is C16H13BrN2O2. The average molecular weight is 345 g/mol. The third kappa shape index (κ3) is 4.33. The number of ether oxygens (including phenoxy) is 1. The van der Waals surface area contributed by atoms with Crippen molar-refractivity contribution in [2.45, 2.75) is 13.0 Å². The molecule has 21 heavy (non-hydrogen) atoms. The first-order valence-corrected chi connectivity index (χ1v) is 7.11. The van der Waals surface area contributed by atoms with Gasteiger partial charge < -0.3 is 10.1 Å². The molecule has 5 heteroatoms. The summed E-state index contributed by atoms with van der Waals surface area (Å²) in [5.41, 5.74) is 1.07. The summed E-state index contributed by atoms with van der Waals surface area (Å²) in [5, 5.41) is 11.6. The van der Waals surface area contributed by atoms with Crippen LogP contribution in [0.2, 0.25) is 0 Å². The van der Waals surface area contributed by atoms with Gasteiger partial charge in [0.25, 0.3) is 5.91 Å². The minimum atomic E-state index is -0.648. The first-order valence-electron chi connectivity index (χ1n) is 6.32. The Morgan fingerprint density at radius 3 is 2.76 bits per heavy atom. The molecule has 0 bridgehead atoms. The number of halogens is 1. The monoisotopic (exact) mass is 344 g/mol. The van der Waals surface area contributed by atoms with E-state index in [-0.39, 0.29) is 5.91 Å². The van der Waals surface area contributed by atoms with Crippen molar-refractivity contribution in [1.29, 1.82) is 5.26 Å². The zero-order valence-electron chi connectivity index (χ0n) is 11.3. The molecule has 0 spiro atoms. The Kier molecular flexibility index (Phi) is 4.96. The van der Waals surface area contributed by atoms with E-state index in [4.69, 9.17) is 10.00 Å². The summed E-state index contributed by atoms with van der Waals surface area (Å²) in [7, 11) is 0. The van der Waals surface area contributed by atoms with Crippen LogP contribution in [-0.2, 0) is 4.79 Å². The lowest BCUT2D eigenvalue weighted by Crippen LogP contribution is -2.30. The van der Waals surface area contributed by atoms with Crippen molar-refractivity contribution in [2.75, 3.05) is 5.32 Å². The largest absolute Gasteiger partial charge is 0.481 e. The van der Waals surface area contributed by atoms with Crippen molar-refractivity contribution < 1.29 is 9.53 Å². The highest BCUT2D eigenvalue weighted by molar-refractivity contribution is 9.10. The van der Waals surface area contributed by atoms with Gasteiger partial charge in [-0.15, -0.1) is 0 Å². The smallest absolute Gasteiger partial charge is 0.265 e. The topological polar surface area (TPSA) is 62.1 Å². The van der Waals surface area contributed by atoms with Gasteiger partial charge in [-0.2, -0.15) is 5.26 Å². The molecule has 0 fully saturated rings. The molecule has 0 aliphatic carbocycles. The number of hydrogen-bond acceptors (Lipinski definition) is 3. The minimum Gasteiger partial charge on any atom is -0.481 e. The fourth-order valence-electron chi connectivity index (χ4n) is 1.71. The summed E-state index contributed by atoms with van der Waals surface area (Å²) in [5.74, 6) is 0.336. The molecule has 0 heterocycles. The van der Waals surface area contributed by atoms with Crippen molar-refractivity contribution in [3.63, 3.8) is 0 Å². The van der Waals surface area contributed by atoms with Crippen LogP contribution in [0.15, 0.2) is 53.0 Å². The number of hydrogen-bond donors (Lipinski definition) is 1. The summed E-state index contributed by atoms with van der Waals surface area (Å²) >= 11 is 3.35. The Morgan fingerprint density at radius 1 is 1.29 bits per heavy atom. The maximum atomic E-state index is 12.1. The van der Waals surface area contributed by atoms with Crippen molar-refractivity contribution in [2.24, 2.45) is 0 Å². The molecule has 0 saturated heterocycles. The summed E-state index contributed by atoms with van der Waals surface area (Å²) < 4.78 is 6.46. The van der Waals surface area contributed by atoms with Gasteiger partial charge in [-0.3, -0.25) is 4.79 Å². The highest BCUT2D eigenvalue weighted by Gasteiger charge is 2.15. The number of rotatable bonds is 4. The van der Waals surface area contributed by atoms with Gasteiger partial charge in [0.1, 0.15) is 5.75 Å². The Balaban J connectivity index is 2.01. The Bertz CT molecular complexity index is 695. The number of anilines is 1. The van der Waals surface area contributed by atoms with E-state index in [1.165, 1.54) is 0 Å². The molecule has 106 valence electrons. The maximum absolute atomic E-state index is 12.1. The van der Waals surface area contributed by atoms with Gasteiger partial charge in [0.15, 0.2) is 6.10 Å². The molecule has 2 aromatic carbocycles. The van der Waals surface area contributed by atoms with E-state index < -0.39 is 6.10 Å². The van der Waals surface area contributed by atoms with Crippen LogP contribution in [0.25, 0.3) is 0 Å². The van der Waals surface area contributed by atoms with Crippen LogP contribution in [0, 0.1) is 11.3 Å². The number of nitrogens with one attached hydrogen (secondary N) is 1. The van der Waals surface area contributed by atoms with E-state index in [0.717, 1.165) is 4.47 Å². The predicted octanol–water partition coefficient (Wildman–Crippen LogP) is 3.73. The van der Waals surface area contributed by atoms with Crippen LogP contribution >= 0.6 is 15.9 Å². The van der Waals surface area contributed by atoms with Crippen LogP contribution in [-0.4, -0.2) is 12.0 Å². The molecule has 1 N–H and O–H groups in total. The molecule has 4 nitrogen and oxygen atoms in total. The van der Waals surface area contributed by atoms with E-state index >= 15 is 0 Å². The Morgan fingerprint density at radius 2 is 2.05 bits per heavy atom. The first-order chi connectivity index (χ1) is 10.1. The number of nitriles is 1. The van der Waals surface area contributed by atoms with Gasteiger partial charge >= 0.3 is 0 Å². The second-order valence-electron chi connectivity index (χ2n) is 4.40. The van der Waals surface area contributed by atoms with Gasteiger partial charge in [0, 0.05) is 10.2 Å². The average Bonchev–Trinajstić information content (AvgIpc) is 2.47. The predicted molar refractivity (Wildman–Crippen MR) is 84.0 cm³/mol. The van der Waals surface area contributed by atoms with Gasteiger partial charge in [-0.25, -0.2) is 0 Å². The lowest BCUT2D eigenvalue weighted by atomic mass is 10.2. The number of benzene rings is 2. The van der Waals surface area contributed by atoms with Crippen LogP contribution in [0.3, 0.4) is 0 Å². The molecule has 1 amide bonds. The second-order valence-corrected chi connectivity index (χ2v) is 5.31. The Labute approximate surface area is 131 Å². The van der Waals surface area contributed by atoms with Gasteiger partial charge in [-0.1, -0.05) is 28.1 Å². The molecular weight excluding hydrogens is 332 g/mol. The highest BCUT2D eigenvalue weighted by atomic mass is 79.9. The van der Waals surface area contributed by atoms with E-state index in [2.05, 4.69) is 21.2 Å². The molecule has 0 aliphatic rings. The minimum absolute atomic E-state index is 0.273. The molecule has 0 saturated carbocycles. The summed E-state index contributed by atoms with van der Waals surface area (Å²) in [6.45, 7) is 1.67. The lowest BCUT2D eigenvalue weighted by molar-refractivity contribution is -0.122. The molecule has 0 unspecified atom stereocenters. The van der Waals surface area contributed by atoms with Crippen molar-refractivity contribution in [3.05, 3.63) is 58.6 Å². The fraction of sp³-hybridized carbons (Fsp3) is 0.125. The van der Waals surface area contributed by atoms with Crippen LogP contribution in [0.4, 0.5) is 5.69 Å². The number of amides is 1. The summed E-state index contributed by atoms with van der Waals surface area (Å²) in [6.07, 6.45) is -0.648. The van der Waals surface area contributed by atoms with Crippen LogP contribution in [0.1, 0.15) is 12.5 Å².